The van der Waals surface area contributed by atoms with Crippen molar-refractivity contribution < 1.29 is 19.0 Å². The SMILES string of the molecule is CC(C)N1c2cccc(F)c2C(=O)C(C)C1(C)c1ccnc(N[C@@H]2CCOC[C@H]2O)n1. The fraction of sp³-hybridized carbons (Fsp3) is 0.522. The molecule has 166 valence electrons. The molecule has 2 aromatic rings. The van der Waals surface area contributed by atoms with E-state index in [-0.39, 0.29) is 30.0 Å². The standard InChI is InChI=1S/C23H29FN4O3/c1-13(2)28-17-7-5-6-15(24)20(17)21(30)14(3)23(28,4)19-8-10-25-22(27-19)26-16-9-11-31-12-18(16)29/h5-8,10,13-14,16,18,29H,9,11-12H2,1-4H3,(H,25,26,27)/t14?,16-,18-,23?/m1/s1. The Labute approximate surface area is 181 Å². The molecule has 7 nitrogen and oxygen atoms in total. The lowest BCUT2D eigenvalue weighted by Crippen LogP contribution is -2.58. The van der Waals surface area contributed by atoms with Crippen LogP contribution in [0.2, 0.25) is 0 Å². The van der Waals surface area contributed by atoms with Crippen LogP contribution >= 0.6 is 0 Å². The second-order valence-electron chi connectivity index (χ2n) is 8.78. The highest BCUT2D eigenvalue weighted by Crippen LogP contribution is 2.47. The van der Waals surface area contributed by atoms with Gasteiger partial charge < -0.3 is 20.1 Å². The summed E-state index contributed by atoms with van der Waals surface area (Å²) in [5, 5.41) is 13.4. The molecule has 0 saturated carbocycles. The number of nitrogens with zero attached hydrogens (tertiary/aromatic N) is 3. The largest absolute Gasteiger partial charge is 0.389 e. The summed E-state index contributed by atoms with van der Waals surface area (Å²) in [7, 11) is 0. The normalized spacial score (nSPS) is 28.5. The second kappa shape index (κ2) is 8.16. The van der Waals surface area contributed by atoms with E-state index in [1.807, 2.05) is 27.7 Å². The summed E-state index contributed by atoms with van der Waals surface area (Å²) >= 11 is 0. The first-order valence-corrected chi connectivity index (χ1v) is 10.7. The summed E-state index contributed by atoms with van der Waals surface area (Å²) in [5.74, 6) is -0.880. The maximum absolute atomic E-state index is 14.6. The molecule has 2 unspecified atom stereocenters. The number of hydrogen-bond donors (Lipinski definition) is 2. The molecule has 1 aromatic heterocycles. The smallest absolute Gasteiger partial charge is 0.223 e. The highest BCUT2D eigenvalue weighted by molar-refractivity contribution is 6.06. The first-order valence-electron chi connectivity index (χ1n) is 10.7. The Balaban J connectivity index is 1.77. The summed E-state index contributed by atoms with van der Waals surface area (Å²) in [6.07, 6.45) is 1.65. The summed E-state index contributed by atoms with van der Waals surface area (Å²) in [6.45, 7) is 8.66. The van der Waals surface area contributed by atoms with E-state index in [0.29, 0.717) is 30.4 Å². The number of ether oxygens (including phenoxy) is 1. The van der Waals surface area contributed by atoms with Gasteiger partial charge in [0.1, 0.15) is 5.82 Å². The van der Waals surface area contributed by atoms with Crippen molar-refractivity contribution in [2.24, 2.45) is 5.92 Å². The maximum atomic E-state index is 14.6. The third-order valence-corrected chi connectivity index (χ3v) is 6.57. The van der Waals surface area contributed by atoms with E-state index in [0.717, 1.165) is 0 Å². The van der Waals surface area contributed by atoms with Crippen LogP contribution in [0.1, 0.15) is 50.2 Å². The highest BCUT2D eigenvalue weighted by atomic mass is 19.1. The fourth-order valence-electron chi connectivity index (χ4n) is 4.82. The van der Waals surface area contributed by atoms with E-state index in [2.05, 4.69) is 15.2 Å². The van der Waals surface area contributed by atoms with Gasteiger partial charge in [-0.05, 0) is 45.4 Å². The number of hydrogen-bond acceptors (Lipinski definition) is 7. The quantitative estimate of drug-likeness (QED) is 0.774. The molecule has 8 heteroatoms. The van der Waals surface area contributed by atoms with E-state index in [1.54, 1.807) is 24.4 Å². The van der Waals surface area contributed by atoms with Crippen molar-refractivity contribution in [1.29, 1.82) is 0 Å². The zero-order valence-electron chi connectivity index (χ0n) is 18.3. The van der Waals surface area contributed by atoms with E-state index in [9.17, 15) is 14.3 Å². The van der Waals surface area contributed by atoms with Gasteiger partial charge in [0.25, 0.3) is 0 Å². The number of fused-ring (bicyclic) bond motifs is 1. The number of halogens is 1. The van der Waals surface area contributed by atoms with Crippen molar-refractivity contribution in [1.82, 2.24) is 9.97 Å². The van der Waals surface area contributed by atoms with Gasteiger partial charge in [0, 0.05) is 24.8 Å². The van der Waals surface area contributed by atoms with Gasteiger partial charge in [-0.2, -0.15) is 0 Å². The average Bonchev–Trinajstić information content (AvgIpc) is 2.74. The van der Waals surface area contributed by atoms with Crippen molar-refractivity contribution in [2.75, 3.05) is 23.4 Å². The fourth-order valence-corrected chi connectivity index (χ4v) is 4.82. The number of anilines is 2. The predicted molar refractivity (Wildman–Crippen MR) is 116 cm³/mol. The minimum absolute atomic E-state index is 0.00945. The average molecular weight is 429 g/mol. The first kappa shape index (κ1) is 21.6. The van der Waals surface area contributed by atoms with Crippen molar-refractivity contribution in [3.63, 3.8) is 0 Å². The van der Waals surface area contributed by atoms with Crippen molar-refractivity contribution >= 4 is 17.4 Å². The number of aromatic nitrogens is 2. The minimum Gasteiger partial charge on any atom is -0.389 e. The number of carbonyl (C=O) groups excluding carboxylic acids is 1. The third-order valence-electron chi connectivity index (χ3n) is 6.57. The van der Waals surface area contributed by atoms with Crippen molar-refractivity contribution in [3.05, 3.63) is 47.5 Å². The molecule has 3 heterocycles. The van der Waals surface area contributed by atoms with Gasteiger partial charge in [0.2, 0.25) is 5.95 Å². The minimum atomic E-state index is -0.806. The van der Waals surface area contributed by atoms with E-state index in [1.165, 1.54) is 6.07 Å². The maximum Gasteiger partial charge on any atom is 0.223 e. The van der Waals surface area contributed by atoms with Crippen LogP contribution in [-0.2, 0) is 10.3 Å². The number of rotatable bonds is 4. The predicted octanol–water partition coefficient (Wildman–Crippen LogP) is 3.14. The van der Waals surface area contributed by atoms with Gasteiger partial charge in [-0.15, -0.1) is 0 Å². The molecule has 1 aromatic carbocycles. The molecule has 1 fully saturated rings. The van der Waals surface area contributed by atoms with Crippen LogP contribution in [0.5, 0.6) is 0 Å². The number of nitrogens with one attached hydrogen (secondary N) is 1. The molecule has 4 atom stereocenters. The molecule has 0 amide bonds. The molecule has 0 bridgehead atoms. The van der Waals surface area contributed by atoms with Gasteiger partial charge >= 0.3 is 0 Å². The summed E-state index contributed by atoms with van der Waals surface area (Å²) in [5.41, 5.74) is 0.572. The van der Waals surface area contributed by atoms with E-state index in [4.69, 9.17) is 9.72 Å². The Morgan fingerprint density at radius 1 is 1.35 bits per heavy atom. The molecule has 0 spiro atoms. The number of benzene rings is 1. The molecule has 0 radical (unpaired) electrons. The zero-order chi connectivity index (χ0) is 22.3. The van der Waals surface area contributed by atoms with Gasteiger partial charge in [0.05, 0.1) is 41.2 Å². The molecule has 1 saturated heterocycles. The van der Waals surface area contributed by atoms with Crippen LogP contribution in [0, 0.1) is 11.7 Å². The zero-order valence-corrected chi connectivity index (χ0v) is 18.3. The van der Waals surface area contributed by atoms with Gasteiger partial charge in [0.15, 0.2) is 5.78 Å². The lowest BCUT2D eigenvalue weighted by molar-refractivity contribution is -0.0136. The van der Waals surface area contributed by atoms with Crippen LogP contribution in [0.15, 0.2) is 30.5 Å². The Kier molecular flexibility index (Phi) is 5.70. The number of Topliss-reactive ketones (excluding diaryl/α,β-unsaturated/α-hetero) is 1. The Bertz CT molecular complexity index is 985. The molecule has 4 rings (SSSR count). The molecular formula is C23H29FN4O3. The van der Waals surface area contributed by atoms with Crippen LogP contribution in [0.4, 0.5) is 16.0 Å². The van der Waals surface area contributed by atoms with Crippen molar-refractivity contribution in [3.8, 4) is 0 Å². The highest BCUT2D eigenvalue weighted by Gasteiger charge is 2.50. The lowest BCUT2D eigenvalue weighted by Gasteiger charge is -2.51. The van der Waals surface area contributed by atoms with Crippen LogP contribution in [0.25, 0.3) is 0 Å². The van der Waals surface area contributed by atoms with Gasteiger partial charge in [-0.3, -0.25) is 4.79 Å². The summed E-state index contributed by atoms with van der Waals surface area (Å²) in [4.78, 5) is 24.4. The Hall–Kier alpha value is -2.58. The summed E-state index contributed by atoms with van der Waals surface area (Å²) < 4.78 is 19.9. The lowest BCUT2D eigenvalue weighted by atomic mass is 9.73. The first-order chi connectivity index (χ1) is 14.7. The number of aliphatic hydroxyl groups is 1. The second-order valence-corrected chi connectivity index (χ2v) is 8.78. The molecule has 2 aliphatic rings. The molecular weight excluding hydrogens is 399 g/mol. The van der Waals surface area contributed by atoms with E-state index >= 15 is 0 Å². The summed E-state index contributed by atoms with van der Waals surface area (Å²) in [6, 6.07) is 6.33. The van der Waals surface area contributed by atoms with Crippen LogP contribution < -0.4 is 10.2 Å². The Morgan fingerprint density at radius 2 is 2.13 bits per heavy atom. The van der Waals surface area contributed by atoms with Gasteiger partial charge in [-0.1, -0.05) is 13.0 Å². The number of carbonyl (C=O) groups is 1. The third kappa shape index (κ3) is 3.57. The molecule has 2 aliphatic heterocycles. The van der Waals surface area contributed by atoms with Gasteiger partial charge in [-0.25, -0.2) is 14.4 Å². The van der Waals surface area contributed by atoms with E-state index < -0.39 is 23.4 Å². The topological polar surface area (TPSA) is 87.6 Å². The van der Waals surface area contributed by atoms with Crippen LogP contribution in [-0.4, -0.2) is 52.3 Å². The number of aliphatic hydroxyl groups excluding tert-OH is 1. The van der Waals surface area contributed by atoms with Crippen molar-refractivity contribution in [2.45, 2.75) is 57.8 Å². The molecule has 31 heavy (non-hydrogen) atoms. The van der Waals surface area contributed by atoms with Crippen LogP contribution in [0.3, 0.4) is 0 Å². The number of ketones is 1. The molecule has 0 aliphatic carbocycles. The molecule has 2 N–H and O–H groups in total. The monoisotopic (exact) mass is 428 g/mol. The Morgan fingerprint density at radius 3 is 2.84 bits per heavy atom.